The number of rotatable bonds is 13. The van der Waals surface area contributed by atoms with Gasteiger partial charge >= 0.3 is 11.9 Å². The lowest BCUT2D eigenvalue weighted by Gasteiger charge is -2.29. The van der Waals surface area contributed by atoms with Crippen molar-refractivity contribution in [2.75, 3.05) is 38.8 Å². The van der Waals surface area contributed by atoms with E-state index in [2.05, 4.69) is 57.3 Å². The lowest BCUT2D eigenvalue weighted by Crippen LogP contribution is -2.42. The molecule has 0 bridgehead atoms. The van der Waals surface area contributed by atoms with Gasteiger partial charge in [-0.05, 0) is 66.3 Å². The van der Waals surface area contributed by atoms with Crippen LogP contribution in [0.2, 0.25) is 0 Å². The summed E-state index contributed by atoms with van der Waals surface area (Å²) in [5, 5.41) is 0. The van der Waals surface area contributed by atoms with Gasteiger partial charge in [-0.3, -0.25) is 19.2 Å². The third-order valence-electron chi connectivity index (χ3n) is 12.0. The average Bonchev–Trinajstić information content (AvgIpc) is 4.04. The number of benzene rings is 2. The molecule has 13 nitrogen and oxygen atoms in total. The van der Waals surface area contributed by atoms with Crippen LogP contribution in [0.4, 0.5) is 5.95 Å². The smallest absolute Gasteiger partial charge is 0.306 e. The lowest BCUT2D eigenvalue weighted by molar-refractivity contribution is -0.148. The molecular formula is C44H54N6O7. The number of esters is 2. The second kappa shape index (κ2) is 17.0. The first-order valence-corrected chi connectivity index (χ1v) is 20.2. The molecule has 0 saturated carbocycles. The van der Waals surface area contributed by atoms with Gasteiger partial charge in [0.25, 0.3) is 0 Å². The van der Waals surface area contributed by atoms with Gasteiger partial charge in [0.1, 0.15) is 11.6 Å². The van der Waals surface area contributed by atoms with E-state index in [1.165, 1.54) is 14.2 Å². The van der Waals surface area contributed by atoms with E-state index < -0.39 is 11.8 Å². The summed E-state index contributed by atoms with van der Waals surface area (Å²) >= 11 is 0. The molecule has 2 fully saturated rings. The van der Waals surface area contributed by atoms with Crippen LogP contribution in [0.1, 0.15) is 83.8 Å². The Balaban J connectivity index is 1.06. The third kappa shape index (κ3) is 8.20. The fraction of sp³-hybridized carbons (Fsp3) is 0.500. The summed E-state index contributed by atoms with van der Waals surface area (Å²) in [6, 6.07) is 13.9. The molecule has 0 aliphatic carbocycles. The van der Waals surface area contributed by atoms with Crippen molar-refractivity contribution >= 4 is 29.6 Å². The number of anilines is 1. The highest BCUT2D eigenvalue weighted by molar-refractivity contribution is 5.92. The van der Waals surface area contributed by atoms with Crippen LogP contribution in [0, 0.1) is 23.7 Å². The number of imidazole rings is 2. The minimum absolute atomic E-state index is 0.00136. The van der Waals surface area contributed by atoms with Crippen molar-refractivity contribution in [1.29, 1.82) is 0 Å². The summed E-state index contributed by atoms with van der Waals surface area (Å²) in [5.74, 6) is 0.608. The Morgan fingerprint density at radius 3 is 2.21 bits per heavy atom. The van der Waals surface area contributed by atoms with Gasteiger partial charge < -0.3 is 34.0 Å². The molecule has 2 aromatic carbocycles. The second-order valence-corrected chi connectivity index (χ2v) is 16.2. The van der Waals surface area contributed by atoms with Gasteiger partial charge in [0.05, 0.1) is 69.3 Å². The Morgan fingerprint density at radius 1 is 0.842 bits per heavy atom. The van der Waals surface area contributed by atoms with Gasteiger partial charge in [-0.25, -0.2) is 9.97 Å². The van der Waals surface area contributed by atoms with E-state index in [-0.39, 0.29) is 60.4 Å². The molecule has 302 valence electrons. The maximum absolute atomic E-state index is 13.8. The predicted molar refractivity (Wildman–Crippen MR) is 215 cm³/mol. The van der Waals surface area contributed by atoms with Crippen LogP contribution in [0.25, 0.3) is 33.6 Å². The first-order chi connectivity index (χ1) is 27.5. The van der Waals surface area contributed by atoms with Crippen molar-refractivity contribution < 1.29 is 33.4 Å². The number of Topliss-reactive ketones (excluding diaryl/α,β-unsaturated/α-hetero) is 1. The normalized spacial score (nSPS) is 18.8. The number of aromatic nitrogens is 4. The van der Waals surface area contributed by atoms with Gasteiger partial charge in [-0.1, -0.05) is 58.0 Å². The molecule has 0 radical (unpaired) electrons. The molecule has 4 atom stereocenters. The van der Waals surface area contributed by atoms with E-state index >= 15 is 0 Å². The van der Waals surface area contributed by atoms with E-state index in [1.807, 2.05) is 38.8 Å². The number of methoxy groups -OCH3 is 2. The fourth-order valence-electron chi connectivity index (χ4n) is 8.60. The van der Waals surface area contributed by atoms with Crippen molar-refractivity contribution in [3.05, 3.63) is 60.2 Å². The quantitative estimate of drug-likeness (QED) is 0.136. The number of amides is 1. The molecular weight excluding hydrogens is 725 g/mol. The average molecular weight is 779 g/mol. The van der Waals surface area contributed by atoms with E-state index in [9.17, 15) is 19.2 Å². The van der Waals surface area contributed by atoms with Crippen LogP contribution in [0.15, 0.2) is 48.7 Å². The number of aromatic amines is 2. The van der Waals surface area contributed by atoms with Gasteiger partial charge in [0.15, 0.2) is 5.78 Å². The topological polar surface area (TPSA) is 160 Å². The highest BCUT2D eigenvalue weighted by atomic mass is 16.5. The van der Waals surface area contributed by atoms with Gasteiger partial charge in [0.2, 0.25) is 11.9 Å². The van der Waals surface area contributed by atoms with E-state index in [1.54, 1.807) is 0 Å². The zero-order valence-corrected chi connectivity index (χ0v) is 33.8. The van der Waals surface area contributed by atoms with Gasteiger partial charge in [0, 0.05) is 36.7 Å². The monoisotopic (exact) mass is 778 g/mol. The van der Waals surface area contributed by atoms with E-state index in [0.29, 0.717) is 32.1 Å². The van der Waals surface area contributed by atoms with Crippen LogP contribution in [0.5, 0.6) is 5.75 Å². The molecule has 4 aromatic rings. The minimum Gasteiger partial charge on any atom is -0.492 e. The summed E-state index contributed by atoms with van der Waals surface area (Å²) in [5.41, 5.74) is 6.57. The van der Waals surface area contributed by atoms with Crippen molar-refractivity contribution in [3.63, 3.8) is 0 Å². The van der Waals surface area contributed by atoms with E-state index in [0.717, 1.165) is 76.6 Å². The fourth-order valence-corrected chi connectivity index (χ4v) is 8.60. The van der Waals surface area contributed by atoms with Gasteiger partial charge in [-0.2, -0.15) is 0 Å². The number of ether oxygens (including phenoxy) is 3. The molecule has 2 N–H and O–H groups in total. The minimum atomic E-state index is -0.443. The highest BCUT2D eigenvalue weighted by Crippen LogP contribution is 2.40. The maximum atomic E-state index is 13.8. The van der Waals surface area contributed by atoms with Gasteiger partial charge in [-0.15, -0.1) is 0 Å². The number of nitrogens with zero attached hydrogens (tertiary/aromatic N) is 4. The first-order valence-electron chi connectivity index (χ1n) is 20.2. The molecule has 3 aliphatic heterocycles. The van der Waals surface area contributed by atoms with Crippen molar-refractivity contribution in [3.8, 4) is 39.4 Å². The molecule has 1 amide bonds. The molecule has 3 aliphatic rings. The number of hydrogen-bond donors (Lipinski definition) is 2. The number of fused-ring (bicyclic) bond motifs is 3. The zero-order chi connectivity index (χ0) is 40.4. The van der Waals surface area contributed by atoms with Crippen LogP contribution >= 0.6 is 0 Å². The maximum Gasteiger partial charge on any atom is 0.306 e. The summed E-state index contributed by atoms with van der Waals surface area (Å²) in [4.78, 5) is 72.4. The number of ketones is 1. The zero-order valence-electron chi connectivity index (χ0n) is 33.8. The molecule has 2 saturated heterocycles. The standard InChI is InChI=1S/C44H54N6O7/c1-25(2)31(22-38(51)55-5)41(53)35-9-7-19-50(35)44-47-33-17-20-57-37-21-29(15-16-30(37)40(33)48-44)27-11-13-28(14-12-27)34-24-45-42(46-34)36-10-8-18-49(36)43(54)32(26(3)4)23-39(52)56-6/h11-16,21,24-26,31-32,35-36H,7-10,17-20,22-23H2,1-6H3,(H,45,46)(H,47,48)/t31-,32-,35?,36-/m0/s1. The summed E-state index contributed by atoms with van der Waals surface area (Å²) < 4.78 is 16.0. The van der Waals surface area contributed by atoms with Crippen molar-refractivity contribution in [2.24, 2.45) is 23.7 Å². The summed E-state index contributed by atoms with van der Waals surface area (Å²) in [6.07, 6.45) is 5.87. The van der Waals surface area contributed by atoms with Crippen LogP contribution in [-0.4, -0.2) is 88.4 Å². The number of carbonyl (C=O) groups excluding carboxylic acids is 4. The largest absolute Gasteiger partial charge is 0.492 e. The Bertz CT molecular complexity index is 2100. The Hall–Kier alpha value is -5.46. The third-order valence-corrected chi connectivity index (χ3v) is 12.0. The molecule has 7 rings (SSSR count). The lowest BCUT2D eigenvalue weighted by atomic mass is 9.84. The summed E-state index contributed by atoms with van der Waals surface area (Å²) in [7, 11) is 2.71. The van der Waals surface area contributed by atoms with Crippen LogP contribution in [0.3, 0.4) is 0 Å². The molecule has 1 unspecified atom stereocenters. The molecule has 0 spiro atoms. The SMILES string of the molecule is COC(=O)C[C@H](C(=O)C1CCCN1c1nc2c([nH]1)CCOc1cc(-c3ccc(-c4cnc([C@@H]5CCCN5C(=O)[C@@H](CC(=O)OC)C(C)C)[nH]4)cc3)ccc1-2)C(C)C. The highest BCUT2D eigenvalue weighted by Gasteiger charge is 2.40. The number of likely N-dealkylation sites (tertiary alicyclic amines) is 1. The van der Waals surface area contributed by atoms with E-state index in [4.69, 9.17) is 24.2 Å². The molecule has 13 heteroatoms. The van der Waals surface area contributed by atoms with Crippen molar-refractivity contribution in [2.45, 2.75) is 84.7 Å². The van der Waals surface area contributed by atoms with Crippen molar-refractivity contribution in [1.82, 2.24) is 24.8 Å². The van der Waals surface area contributed by atoms with Crippen LogP contribution in [-0.2, 0) is 35.1 Å². The predicted octanol–water partition coefficient (Wildman–Crippen LogP) is 6.94. The summed E-state index contributed by atoms with van der Waals surface area (Å²) in [6.45, 7) is 9.70. The first kappa shape index (κ1) is 39.8. The molecule has 2 aromatic heterocycles. The Kier molecular flexibility index (Phi) is 11.8. The number of hydrogen-bond acceptors (Lipinski definition) is 10. The Labute approximate surface area is 333 Å². The van der Waals surface area contributed by atoms with Crippen LogP contribution < -0.4 is 9.64 Å². The number of nitrogens with one attached hydrogen (secondary N) is 2. The Morgan fingerprint density at radius 2 is 1.51 bits per heavy atom. The number of carbonyl (C=O) groups is 4. The second-order valence-electron chi connectivity index (χ2n) is 16.2. The molecule has 57 heavy (non-hydrogen) atoms. The molecule has 5 heterocycles. The number of H-pyrrole nitrogens is 2.